The first-order valence-electron chi connectivity index (χ1n) is 9.58. The third-order valence-electron chi connectivity index (χ3n) is 4.15. The molecule has 0 radical (unpaired) electrons. The summed E-state index contributed by atoms with van der Waals surface area (Å²) in [4.78, 5) is 0. The van der Waals surface area contributed by atoms with Gasteiger partial charge in [0.25, 0.3) is 0 Å². The molecule has 1 fully saturated rings. The topological polar surface area (TPSA) is 55.4 Å². The summed E-state index contributed by atoms with van der Waals surface area (Å²) >= 11 is 0. The Hall–Kier alpha value is -0.240. The van der Waals surface area contributed by atoms with Gasteiger partial charge in [0.15, 0.2) is 0 Å². The maximum atomic E-state index is 5.91. The average Bonchev–Trinajstić information content (AvgIpc) is 2.55. The van der Waals surface area contributed by atoms with Gasteiger partial charge in [0.05, 0.1) is 77.8 Å². The SMILES string of the molecule is CC1COCCOC(C(C)C)COCCOC(C(C)C)COCCO1. The van der Waals surface area contributed by atoms with E-state index in [-0.39, 0.29) is 18.3 Å². The van der Waals surface area contributed by atoms with Crippen molar-refractivity contribution in [3.05, 3.63) is 0 Å². The van der Waals surface area contributed by atoms with Crippen molar-refractivity contribution in [2.45, 2.75) is 52.9 Å². The van der Waals surface area contributed by atoms with Crippen molar-refractivity contribution in [2.24, 2.45) is 11.8 Å². The van der Waals surface area contributed by atoms with Crippen LogP contribution in [0.1, 0.15) is 34.6 Å². The van der Waals surface area contributed by atoms with Crippen LogP contribution in [0.15, 0.2) is 0 Å². The first-order chi connectivity index (χ1) is 12.0. The smallest absolute Gasteiger partial charge is 0.0832 e. The summed E-state index contributed by atoms with van der Waals surface area (Å²) in [5.74, 6) is 0.788. The van der Waals surface area contributed by atoms with E-state index in [9.17, 15) is 0 Å². The number of ether oxygens (including phenoxy) is 6. The van der Waals surface area contributed by atoms with E-state index < -0.39 is 0 Å². The van der Waals surface area contributed by atoms with Crippen molar-refractivity contribution in [1.82, 2.24) is 0 Å². The Morgan fingerprint density at radius 1 is 0.560 bits per heavy atom. The molecule has 1 saturated heterocycles. The van der Waals surface area contributed by atoms with Gasteiger partial charge in [-0.15, -0.1) is 0 Å². The highest BCUT2D eigenvalue weighted by Crippen LogP contribution is 2.09. The summed E-state index contributed by atoms with van der Waals surface area (Å²) in [6, 6.07) is 0. The molecule has 1 aliphatic heterocycles. The molecular formula is C19H38O6. The van der Waals surface area contributed by atoms with Gasteiger partial charge in [0, 0.05) is 0 Å². The monoisotopic (exact) mass is 362 g/mol. The van der Waals surface area contributed by atoms with E-state index in [1.54, 1.807) is 0 Å². The number of hydrogen-bond donors (Lipinski definition) is 0. The maximum Gasteiger partial charge on any atom is 0.0832 e. The molecule has 1 rings (SSSR count). The van der Waals surface area contributed by atoms with Gasteiger partial charge in [-0.25, -0.2) is 0 Å². The van der Waals surface area contributed by atoms with Crippen LogP contribution < -0.4 is 0 Å². The Bertz CT molecular complexity index is 282. The predicted octanol–water partition coefficient (Wildman–Crippen LogP) is 2.54. The zero-order chi connectivity index (χ0) is 18.5. The van der Waals surface area contributed by atoms with Gasteiger partial charge in [0.1, 0.15) is 0 Å². The molecule has 6 nitrogen and oxygen atoms in total. The van der Waals surface area contributed by atoms with Crippen LogP contribution in [0.25, 0.3) is 0 Å². The Morgan fingerprint density at radius 3 is 1.40 bits per heavy atom. The van der Waals surface area contributed by atoms with E-state index in [2.05, 4.69) is 27.7 Å². The lowest BCUT2D eigenvalue weighted by molar-refractivity contribution is -0.0983. The van der Waals surface area contributed by atoms with Crippen LogP contribution in [0.3, 0.4) is 0 Å². The Kier molecular flexibility index (Phi) is 12.7. The van der Waals surface area contributed by atoms with Gasteiger partial charge in [-0.1, -0.05) is 27.7 Å². The summed E-state index contributed by atoms with van der Waals surface area (Å²) in [5.41, 5.74) is 0. The van der Waals surface area contributed by atoms with Gasteiger partial charge in [-0.2, -0.15) is 0 Å². The highest BCUT2D eigenvalue weighted by atomic mass is 16.6. The van der Waals surface area contributed by atoms with Crippen molar-refractivity contribution in [2.75, 3.05) is 59.5 Å². The number of rotatable bonds is 2. The molecule has 0 aromatic carbocycles. The lowest BCUT2D eigenvalue weighted by Crippen LogP contribution is -2.31. The quantitative estimate of drug-likeness (QED) is 0.752. The lowest BCUT2D eigenvalue weighted by atomic mass is 10.1. The largest absolute Gasteiger partial charge is 0.376 e. The van der Waals surface area contributed by atoms with Gasteiger partial charge in [0.2, 0.25) is 0 Å². The first-order valence-corrected chi connectivity index (χ1v) is 9.58. The summed E-state index contributed by atoms with van der Waals surface area (Å²) in [6.45, 7) is 15.6. The average molecular weight is 363 g/mol. The molecule has 6 heteroatoms. The minimum atomic E-state index is 0.0452. The van der Waals surface area contributed by atoms with Crippen molar-refractivity contribution < 1.29 is 28.4 Å². The molecule has 0 aromatic heterocycles. The lowest BCUT2D eigenvalue weighted by Gasteiger charge is -2.24. The minimum Gasteiger partial charge on any atom is -0.376 e. The summed E-state index contributed by atoms with van der Waals surface area (Å²) in [6.07, 6.45) is 0.185. The van der Waals surface area contributed by atoms with Crippen LogP contribution in [0, 0.1) is 11.8 Å². The first kappa shape index (κ1) is 22.8. The third-order valence-corrected chi connectivity index (χ3v) is 4.15. The normalized spacial score (nSPS) is 30.1. The summed E-state index contributed by atoms with van der Waals surface area (Å²) in [5, 5.41) is 0. The molecular weight excluding hydrogens is 324 g/mol. The highest BCUT2D eigenvalue weighted by molar-refractivity contribution is 4.63. The van der Waals surface area contributed by atoms with Crippen LogP contribution >= 0.6 is 0 Å². The fourth-order valence-electron chi connectivity index (χ4n) is 2.39. The third kappa shape index (κ3) is 11.2. The van der Waals surface area contributed by atoms with Gasteiger partial charge in [-0.3, -0.25) is 0 Å². The summed E-state index contributed by atoms with van der Waals surface area (Å²) < 4.78 is 34.6. The van der Waals surface area contributed by atoms with Crippen molar-refractivity contribution in [1.29, 1.82) is 0 Å². The maximum absolute atomic E-state index is 5.91. The van der Waals surface area contributed by atoms with Gasteiger partial charge in [-0.05, 0) is 18.8 Å². The zero-order valence-electron chi connectivity index (χ0n) is 16.7. The molecule has 0 amide bonds. The molecule has 3 atom stereocenters. The fourth-order valence-corrected chi connectivity index (χ4v) is 2.39. The van der Waals surface area contributed by atoms with Crippen LogP contribution in [-0.4, -0.2) is 77.8 Å². The van der Waals surface area contributed by atoms with E-state index >= 15 is 0 Å². The zero-order valence-corrected chi connectivity index (χ0v) is 16.7. The van der Waals surface area contributed by atoms with Crippen LogP contribution in [0.2, 0.25) is 0 Å². The van der Waals surface area contributed by atoms with Crippen molar-refractivity contribution in [3.8, 4) is 0 Å². The molecule has 0 spiro atoms. The molecule has 1 aliphatic rings. The van der Waals surface area contributed by atoms with Crippen molar-refractivity contribution >= 4 is 0 Å². The van der Waals surface area contributed by atoms with Crippen molar-refractivity contribution in [3.63, 3.8) is 0 Å². The molecule has 0 N–H and O–H groups in total. The Balaban J connectivity index is 2.46. The van der Waals surface area contributed by atoms with Gasteiger partial charge < -0.3 is 28.4 Å². The Labute approximate surface area is 153 Å². The van der Waals surface area contributed by atoms with E-state index in [0.717, 1.165) is 0 Å². The standard InChI is InChI=1S/C19H38O6/c1-15(2)18-13-21-6-9-23-17(5)12-20-7-10-24-19(16(3)4)14-22-8-11-25-18/h15-19H,6-14H2,1-5H3. The van der Waals surface area contributed by atoms with Crippen LogP contribution in [0.5, 0.6) is 0 Å². The molecule has 0 saturated carbocycles. The molecule has 0 aliphatic carbocycles. The van der Waals surface area contributed by atoms with E-state index in [0.29, 0.717) is 71.3 Å². The van der Waals surface area contributed by atoms with Crippen LogP contribution in [-0.2, 0) is 28.4 Å². The minimum absolute atomic E-state index is 0.0452. The summed E-state index contributed by atoms with van der Waals surface area (Å²) in [7, 11) is 0. The predicted molar refractivity (Wildman–Crippen MR) is 97.0 cm³/mol. The molecule has 1 heterocycles. The second-order valence-electron chi connectivity index (χ2n) is 7.21. The number of hydrogen-bond acceptors (Lipinski definition) is 6. The second kappa shape index (κ2) is 13.9. The highest BCUT2D eigenvalue weighted by Gasteiger charge is 2.16. The Morgan fingerprint density at radius 2 is 0.960 bits per heavy atom. The second-order valence-corrected chi connectivity index (χ2v) is 7.21. The van der Waals surface area contributed by atoms with E-state index in [4.69, 9.17) is 28.4 Å². The molecule has 0 aromatic rings. The van der Waals surface area contributed by atoms with Gasteiger partial charge >= 0.3 is 0 Å². The van der Waals surface area contributed by atoms with Crippen LogP contribution in [0.4, 0.5) is 0 Å². The molecule has 3 unspecified atom stereocenters. The molecule has 150 valence electrons. The molecule has 0 bridgehead atoms. The van der Waals surface area contributed by atoms with E-state index in [1.165, 1.54) is 0 Å². The molecule has 25 heavy (non-hydrogen) atoms. The fraction of sp³-hybridized carbons (Fsp3) is 1.00. The van der Waals surface area contributed by atoms with E-state index in [1.807, 2.05) is 6.92 Å².